The van der Waals surface area contributed by atoms with Crippen molar-refractivity contribution in [3.8, 4) is 5.69 Å². The summed E-state index contributed by atoms with van der Waals surface area (Å²) in [5, 5.41) is 18.0. The molecule has 1 unspecified atom stereocenters. The van der Waals surface area contributed by atoms with E-state index in [1.807, 2.05) is 0 Å². The third-order valence-corrected chi connectivity index (χ3v) is 4.51. The van der Waals surface area contributed by atoms with E-state index in [4.69, 9.17) is 11.6 Å². The van der Waals surface area contributed by atoms with E-state index in [0.717, 1.165) is 0 Å². The van der Waals surface area contributed by atoms with Gasteiger partial charge >= 0.3 is 0 Å². The first-order chi connectivity index (χ1) is 12.8. The lowest BCUT2D eigenvalue weighted by Gasteiger charge is -2.24. The van der Waals surface area contributed by atoms with Crippen LogP contribution in [0.5, 0.6) is 0 Å². The summed E-state index contributed by atoms with van der Waals surface area (Å²) in [4.78, 5) is 12.4. The minimum Gasteiger partial charge on any atom is -0.384 e. The molecular formula is C20H19ClFN3O2. The Labute approximate surface area is 161 Å². The molecular weight excluding hydrogens is 369 g/mol. The van der Waals surface area contributed by atoms with Crippen molar-refractivity contribution in [3.05, 3.63) is 82.4 Å². The van der Waals surface area contributed by atoms with Crippen molar-refractivity contribution in [1.82, 2.24) is 15.1 Å². The maximum atomic E-state index is 14.0. The van der Waals surface area contributed by atoms with E-state index in [9.17, 15) is 14.3 Å². The maximum absolute atomic E-state index is 14.0. The lowest BCUT2D eigenvalue weighted by molar-refractivity contribution is 0.0525. The summed E-state index contributed by atoms with van der Waals surface area (Å²) in [6.45, 7) is 3.32. The number of aliphatic hydroxyl groups is 1. The van der Waals surface area contributed by atoms with Gasteiger partial charge in [-0.25, -0.2) is 9.07 Å². The molecule has 1 atom stereocenters. The van der Waals surface area contributed by atoms with E-state index < -0.39 is 17.3 Å². The maximum Gasteiger partial charge on any atom is 0.271 e. The van der Waals surface area contributed by atoms with Gasteiger partial charge in [-0.1, -0.05) is 35.9 Å². The Morgan fingerprint density at radius 1 is 1.26 bits per heavy atom. The fraction of sp³-hybridized carbons (Fsp3) is 0.200. The average Bonchev–Trinajstić information content (AvgIpc) is 3.02. The molecule has 2 N–H and O–H groups in total. The fourth-order valence-corrected chi connectivity index (χ4v) is 2.83. The van der Waals surface area contributed by atoms with Gasteiger partial charge in [0.2, 0.25) is 0 Å². The molecule has 0 saturated carbocycles. The molecule has 0 bridgehead atoms. The first-order valence-corrected chi connectivity index (χ1v) is 8.74. The summed E-state index contributed by atoms with van der Waals surface area (Å²) in [5.41, 5.74) is 0.378. The summed E-state index contributed by atoms with van der Waals surface area (Å²) in [7, 11) is 0. The standard InChI is InChI=1S/C20H19ClFN3O2/c1-13-11-17(24-25(13)18-6-4-3-5-16(18)22)19(26)23-12-20(2,27)14-7-9-15(21)10-8-14/h3-11,27H,12H2,1-2H3,(H,23,26). The number of benzene rings is 2. The Morgan fingerprint density at radius 2 is 1.93 bits per heavy atom. The van der Waals surface area contributed by atoms with E-state index in [0.29, 0.717) is 16.3 Å². The van der Waals surface area contributed by atoms with Crippen LogP contribution >= 0.6 is 11.6 Å². The molecule has 3 aromatic rings. The van der Waals surface area contributed by atoms with Gasteiger partial charge in [-0.3, -0.25) is 4.79 Å². The van der Waals surface area contributed by atoms with Gasteiger partial charge in [-0.05, 0) is 49.7 Å². The molecule has 0 radical (unpaired) electrons. The highest BCUT2D eigenvalue weighted by Crippen LogP contribution is 2.22. The predicted molar refractivity (Wildman–Crippen MR) is 102 cm³/mol. The molecule has 0 fully saturated rings. The largest absolute Gasteiger partial charge is 0.384 e. The molecule has 2 aromatic carbocycles. The van der Waals surface area contributed by atoms with Crippen molar-refractivity contribution in [2.45, 2.75) is 19.4 Å². The topological polar surface area (TPSA) is 67.2 Å². The highest BCUT2D eigenvalue weighted by Gasteiger charge is 2.25. The van der Waals surface area contributed by atoms with Crippen LogP contribution in [-0.4, -0.2) is 27.3 Å². The number of hydrogen-bond acceptors (Lipinski definition) is 3. The molecule has 140 valence electrons. The molecule has 27 heavy (non-hydrogen) atoms. The zero-order chi connectivity index (χ0) is 19.6. The number of carbonyl (C=O) groups is 1. The van der Waals surface area contributed by atoms with Gasteiger partial charge in [0.15, 0.2) is 5.69 Å². The van der Waals surface area contributed by atoms with Gasteiger partial charge < -0.3 is 10.4 Å². The smallest absolute Gasteiger partial charge is 0.271 e. The molecule has 7 heteroatoms. The van der Waals surface area contributed by atoms with Crippen LogP contribution in [0.3, 0.4) is 0 Å². The number of rotatable bonds is 5. The number of amides is 1. The monoisotopic (exact) mass is 387 g/mol. The predicted octanol–water partition coefficient (Wildman–Crippen LogP) is 3.61. The molecule has 5 nitrogen and oxygen atoms in total. The number of hydrogen-bond donors (Lipinski definition) is 2. The Hall–Kier alpha value is -2.70. The van der Waals surface area contributed by atoms with Crippen molar-refractivity contribution in [2.24, 2.45) is 0 Å². The first kappa shape index (κ1) is 19.1. The minimum absolute atomic E-state index is 0.0148. The van der Waals surface area contributed by atoms with Crippen LogP contribution in [0.25, 0.3) is 5.69 Å². The number of aryl methyl sites for hydroxylation is 1. The lowest BCUT2D eigenvalue weighted by atomic mass is 9.96. The summed E-state index contributed by atoms with van der Waals surface area (Å²) < 4.78 is 15.4. The third-order valence-electron chi connectivity index (χ3n) is 4.26. The highest BCUT2D eigenvalue weighted by atomic mass is 35.5. The number of para-hydroxylation sites is 1. The molecule has 0 aliphatic heterocycles. The Bertz CT molecular complexity index is 968. The summed E-state index contributed by atoms with van der Waals surface area (Å²) in [6.07, 6.45) is 0. The number of nitrogens with one attached hydrogen (secondary N) is 1. The van der Waals surface area contributed by atoms with Gasteiger partial charge in [0.1, 0.15) is 17.1 Å². The van der Waals surface area contributed by atoms with Crippen LogP contribution in [0.2, 0.25) is 5.02 Å². The average molecular weight is 388 g/mol. The highest BCUT2D eigenvalue weighted by molar-refractivity contribution is 6.30. The van der Waals surface area contributed by atoms with Crippen LogP contribution in [0.4, 0.5) is 4.39 Å². The number of aromatic nitrogens is 2. The van der Waals surface area contributed by atoms with Gasteiger partial charge in [-0.2, -0.15) is 5.10 Å². The van der Waals surface area contributed by atoms with Crippen molar-refractivity contribution in [3.63, 3.8) is 0 Å². The second-order valence-corrected chi connectivity index (χ2v) is 6.93. The molecule has 0 aliphatic carbocycles. The molecule has 1 amide bonds. The van der Waals surface area contributed by atoms with E-state index >= 15 is 0 Å². The van der Waals surface area contributed by atoms with E-state index in [1.54, 1.807) is 62.4 Å². The van der Waals surface area contributed by atoms with Crippen molar-refractivity contribution in [1.29, 1.82) is 0 Å². The Balaban J connectivity index is 1.74. The quantitative estimate of drug-likeness (QED) is 0.702. The zero-order valence-electron chi connectivity index (χ0n) is 14.9. The van der Waals surface area contributed by atoms with Crippen molar-refractivity contribution in [2.75, 3.05) is 6.54 Å². The van der Waals surface area contributed by atoms with Crippen LogP contribution in [0.1, 0.15) is 28.7 Å². The van der Waals surface area contributed by atoms with Crippen molar-refractivity contribution < 1.29 is 14.3 Å². The van der Waals surface area contributed by atoms with Gasteiger partial charge in [-0.15, -0.1) is 0 Å². The third kappa shape index (κ3) is 4.18. The number of nitrogens with zero attached hydrogens (tertiary/aromatic N) is 2. The Morgan fingerprint density at radius 3 is 2.59 bits per heavy atom. The number of carbonyl (C=O) groups excluding carboxylic acids is 1. The Kier molecular flexibility index (Phi) is 5.30. The van der Waals surface area contributed by atoms with E-state index in [-0.39, 0.29) is 17.9 Å². The SMILES string of the molecule is Cc1cc(C(=O)NCC(C)(O)c2ccc(Cl)cc2)nn1-c1ccccc1F. The molecule has 0 saturated heterocycles. The second kappa shape index (κ2) is 7.50. The van der Waals surface area contributed by atoms with Gasteiger partial charge in [0.25, 0.3) is 5.91 Å². The lowest BCUT2D eigenvalue weighted by Crippen LogP contribution is -2.38. The molecule has 3 rings (SSSR count). The van der Waals surface area contributed by atoms with Gasteiger partial charge in [0, 0.05) is 10.7 Å². The molecule has 0 aliphatic rings. The minimum atomic E-state index is -1.27. The van der Waals surface area contributed by atoms with Crippen LogP contribution in [-0.2, 0) is 5.60 Å². The van der Waals surface area contributed by atoms with Crippen LogP contribution in [0, 0.1) is 12.7 Å². The van der Waals surface area contributed by atoms with Crippen LogP contribution in [0.15, 0.2) is 54.6 Å². The summed E-state index contributed by atoms with van der Waals surface area (Å²) >= 11 is 5.86. The van der Waals surface area contributed by atoms with E-state index in [1.165, 1.54) is 10.7 Å². The van der Waals surface area contributed by atoms with E-state index in [2.05, 4.69) is 10.4 Å². The molecule has 0 spiro atoms. The molecule has 1 heterocycles. The normalized spacial score (nSPS) is 13.2. The van der Waals surface area contributed by atoms with Crippen molar-refractivity contribution >= 4 is 17.5 Å². The number of halogens is 2. The van der Waals surface area contributed by atoms with Crippen LogP contribution < -0.4 is 5.32 Å². The molecule has 1 aromatic heterocycles. The zero-order valence-corrected chi connectivity index (χ0v) is 15.7. The van der Waals surface area contributed by atoms with Gasteiger partial charge in [0.05, 0.1) is 6.54 Å². The summed E-state index contributed by atoms with van der Waals surface area (Å²) in [5.74, 6) is -0.885. The second-order valence-electron chi connectivity index (χ2n) is 6.50. The first-order valence-electron chi connectivity index (χ1n) is 8.36. The summed E-state index contributed by atoms with van der Waals surface area (Å²) in [6, 6.07) is 14.5. The fourth-order valence-electron chi connectivity index (χ4n) is 2.71.